The van der Waals surface area contributed by atoms with Gasteiger partial charge in [-0.1, -0.05) is 77.6 Å². The van der Waals surface area contributed by atoms with Crippen molar-refractivity contribution in [2.45, 2.75) is 30.8 Å². The van der Waals surface area contributed by atoms with Crippen LogP contribution >= 0.6 is 46.4 Å². The highest BCUT2D eigenvalue weighted by molar-refractivity contribution is 7.92. The molecule has 0 aromatic heterocycles. The van der Waals surface area contributed by atoms with E-state index in [0.717, 1.165) is 4.31 Å². The van der Waals surface area contributed by atoms with Gasteiger partial charge in [0.25, 0.3) is 10.0 Å². The van der Waals surface area contributed by atoms with Crippen LogP contribution in [0.3, 0.4) is 0 Å². The number of rotatable bonds is 10. The van der Waals surface area contributed by atoms with Gasteiger partial charge in [0.1, 0.15) is 12.6 Å². The van der Waals surface area contributed by atoms with Gasteiger partial charge in [-0.05, 0) is 48.9 Å². The van der Waals surface area contributed by atoms with Gasteiger partial charge < -0.3 is 10.2 Å². The molecule has 2 amide bonds. The zero-order valence-corrected chi connectivity index (χ0v) is 24.3. The molecule has 3 rings (SSSR count). The second-order valence-electron chi connectivity index (χ2n) is 8.21. The summed E-state index contributed by atoms with van der Waals surface area (Å²) in [6, 6.07) is 15.9. The molecule has 38 heavy (non-hydrogen) atoms. The van der Waals surface area contributed by atoms with Crippen LogP contribution in [0, 0.1) is 0 Å². The topological polar surface area (TPSA) is 86.8 Å². The molecular formula is C26H25Cl4N3O4S. The van der Waals surface area contributed by atoms with Crippen LogP contribution in [0.15, 0.2) is 71.6 Å². The first-order valence-corrected chi connectivity index (χ1v) is 14.4. The predicted molar refractivity (Wildman–Crippen MR) is 153 cm³/mol. The highest BCUT2D eigenvalue weighted by Crippen LogP contribution is 2.31. The number of nitrogens with zero attached hydrogens (tertiary/aromatic N) is 2. The van der Waals surface area contributed by atoms with Gasteiger partial charge in [-0.2, -0.15) is 0 Å². The molecule has 0 fully saturated rings. The minimum Gasteiger partial charge on any atom is -0.357 e. The summed E-state index contributed by atoms with van der Waals surface area (Å²) in [5.74, 6) is -1.08. The van der Waals surface area contributed by atoms with E-state index in [0.29, 0.717) is 15.6 Å². The lowest BCUT2D eigenvalue weighted by molar-refractivity contribution is -0.140. The van der Waals surface area contributed by atoms with Crippen molar-refractivity contribution in [1.82, 2.24) is 10.2 Å². The second kappa shape index (κ2) is 13.0. The summed E-state index contributed by atoms with van der Waals surface area (Å²) in [6.07, 6.45) is 0.252. The Morgan fingerprint density at radius 1 is 0.895 bits per heavy atom. The first kappa shape index (κ1) is 30.1. The van der Waals surface area contributed by atoms with Gasteiger partial charge in [0.05, 0.1) is 10.6 Å². The largest absolute Gasteiger partial charge is 0.357 e. The summed E-state index contributed by atoms with van der Waals surface area (Å²) in [5.41, 5.74) is 0.512. The maximum atomic E-state index is 13.9. The van der Waals surface area contributed by atoms with Crippen LogP contribution in [0.2, 0.25) is 20.1 Å². The van der Waals surface area contributed by atoms with Gasteiger partial charge in [-0.25, -0.2) is 8.42 Å². The molecule has 7 nitrogen and oxygen atoms in total. The van der Waals surface area contributed by atoms with E-state index in [-0.39, 0.29) is 33.6 Å². The zero-order chi connectivity index (χ0) is 28.0. The van der Waals surface area contributed by atoms with E-state index >= 15 is 0 Å². The van der Waals surface area contributed by atoms with Crippen LogP contribution in [0.1, 0.15) is 18.9 Å². The molecule has 0 bridgehead atoms. The van der Waals surface area contributed by atoms with Gasteiger partial charge in [0, 0.05) is 39.2 Å². The van der Waals surface area contributed by atoms with Crippen molar-refractivity contribution in [2.75, 3.05) is 17.9 Å². The van der Waals surface area contributed by atoms with Gasteiger partial charge in [0.2, 0.25) is 11.8 Å². The molecule has 0 saturated heterocycles. The molecule has 0 heterocycles. The molecule has 0 aliphatic carbocycles. The molecular weight excluding hydrogens is 592 g/mol. The zero-order valence-electron chi connectivity index (χ0n) is 20.5. The number of likely N-dealkylation sites (N-methyl/N-ethyl adjacent to an activating group) is 1. The number of amides is 2. The van der Waals surface area contributed by atoms with E-state index in [1.807, 2.05) is 0 Å². The number of hydrogen-bond acceptors (Lipinski definition) is 4. The van der Waals surface area contributed by atoms with E-state index in [2.05, 4.69) is 5.32 Å². The van der Waals surface area contributed by atoms with Gasteiger partial charge in [-0.15, -0.1) is 0 Å². The van der Waals surface area contributed by atoms with Gasteiger partial charge >= 0.3 is 0 Å². The summed E-state index contributed by atoms with van der Waals surface area (Å²) in [5, 5.41) is 3.53. The van der Waals surface area contributed by atoms with E-state index in [9.17, 15) is 18.0 Å². The number of nitrogens with one attached hydrogen (secondary N) is 1. The number of anilines is 1. The fraction of sp³-hybridized carbons (Fsp3) is 0.231. The van der Waals surface area contributed by atoms with Crippen LogP contribution in [0.25, 0.3) is 0 Å². The standard InChI is InChI=1S/C26H25Cl4N3O4S/c1-3-24(26(35)31-2)32(15-21-22(29)10-7-11-23(21)30)25(34)16-33(19-13-17(27)12-18(28)14-19)38(36,37)20-8-5-4-6-9-20/h4-14,24H,3,15-16H2,1-2H3,(H,31,35). The fourth-order valence-corrected chi connectivity index (χ4v) is 6.32. The van der Waals surface area contributed by atoms with Crippen molar-refractivity contribution in [3.63, 3.8) is 0 Å². The molecule has 0 aliphatic rings. The Hall–Kier alpha value is -2.49. The summed E-state index contributed by atoms with van der Waals surface area (Å²) in [7, 11) is -2.79. The first-order chi connectivity index (χ1) is 18.0. The fourth-order valence-electron chi connectivity index (χ4n) is 3.87. The Morgan fingerprint density at radius 3 is 2.00 bits per heavy atom. The minimum absolute atomic E-state index is 0.0389. The third-order valence-electron chi connectivity index (χ3n) is 5.77. The maximum Gasteiger partial charge on any atom is 0.264 e. The van der Waals surface area contributed by atoms with Crippen LogP contribution < -0.4 is 9.62 Å². The normalized spacial score (nSPS) is 12.1. The predicted octanol–water partition coefficient (Wildman–Crippen LogP) is 6.05. The smallest absolute Gasteiger partial charge is 0.264 e. The molecule has 1 atom stereocenters. The molecule has 0 saturated carbocycles. The molecule has 12 heteroatoms. The van der Waals surface area contributed by atoms with E-state index in [1.165, 1.54) is 42.3 Å². The molecule has 3 aromatic rings. The van der Waals surface area contributed by atoms with Crippen LogP contribution in [0.4, 0.5) is 5.69 Å². The lowest BCUT2D eigenvalue weighted by Gasteiger charge is -2.33. The van der Waals surface area contributed by atoms with Crippen molar-refractivity contribution >= 4 is 73.9 Å². The SMILES string of the molecule is CCC(C(=O)NC)N(Cc1c(Cl)cccc1Cl)C(=O)CN(c1cc(Cl)cc(Cl)c1)S(=O)(=O)c1ccccc1. The highest BCUT2D eigenvalue weighted by Gasteiger charge is 2.34. The van der Waals surface area contributed by atoms with E-state index in [4.69, 9.17) is 46.4 Å². The van der Waals surface area contributed by atoms with Crippen molar-refractivity contribution in [3.05, 3.63) is 92.4 Å². The van der Waals surface area contributed by atoms with Crippen LogP contribution in [-0.4, -0.2) is 44.8 Å². The Morgan fingerprint density at radius 2 is 1.47 bits per heavy atom. The Balaban J connectivity index is 2.12. The monoisotopic (exact) mass is 615 g/mol. The lowest BCUT2D eigenvalue weighted by Crippen LogP contribution is -2.51. The molecule has 0 aliphatic heterocycles. The molecule has 1 N–H and O–H groups in total. The Labute approximate surface area is 242 Å². The van der Waals surface area contributed by atoms with Crippen molar-refractivity contribution in [2.24, 2.45) is 0 Å². The molecule has 0 spiro atoms. The van der Waals surface area contributed by atoms with Crippen LogP contribution in [-0.2, 0) is 26.2 Å². The average Bonchev–Trinajstić information content (AvgIpc) is 2.88. The molecule has 3 aromatic carbocycles. The third-order valence-corrected chi connectivity index (χ3v) is 8.70. The number of benzene rings is 3. The van der Waals surface area contributed by atoms with Gasteiger partial charge in [-0.3, -0.25) is 13.9 Å². The van der Waals surface area contributed by atoms with Gasteiger partial charge in [0.15, 0.2) is 0 Å². The molecule has 0 radical (unpaired) electrons. The lowest BCUT2D eigenvalue weighted by atomic mass is 10.1. The summed E-state index contributed by atoms with van der Waals surface area (Å²) in [6.45, 7) is 0.964. The van der Waals surface area contributed by atoms with Crippen molar-refractivity contribution in [1.29, 1.82) is 0 Å². The second-order valence-corrected chi connectivity index (χ2v) is 11.8. The summed E-state index contributed by atoms with van der Waals surface area (Å²) >= 11 is 25.1. The third kappa shape index (κ3) is 6.93. The summed E-state index contributed by atoms with van der Waals surface area (Å²) in [4.78, 5) is 27.9. The maximum absolute atomic E-state index is 13.9. The number of halogens is 4. The van der Waals surface area contributed by atoms with Crippen molar-refractivity contribution < 1.29 is 18.0 Å². The number of carbonyl (C=O) groups is 2. The first-order valence-electron chi connectivity index (χ1n) is 11.5. The van der Waals surface area contributed by atoms with E-state index < -0.39 is 34.4 Å². The minimum atomic E-state index is -4.25. The summed E-state index contributed by atoms with van der Waals surface area (Å²) < 4.78 is 28.4. The number of sulfonamides is 1. The van der Waals surface area contributed by atoms with Crippen LogP contribution in [0.5, 0.6) is 0 Å². The quantitative estimate of drug-likeness (QED) is 0.300. The number of hydrogen-bond donors (Lipinski definition) is 1. The molecule has 202 valence electrons. The molecule has 1 unspecified atom stereocenters. The van der Waals surface area contributed by atoms with Crippen molar-refractivity contribution in [3.8, 4) is 0 Å². The Kier molecular flexibility index (Phi) is 10.3. The van der Waals surface area contributed by atoms with E-state index in [1.54, 1.807) is 43.3 Å². The highest BCUT2D eigenvalue weighted by atomic mass is 35.5. The Bertz CT molecular complexity index is 1380. The average molecular weight is 617 g/mol. The number of carbonyl (C=O) groups excluding carboxylic acids is 2.